The largest absolute Gasteiger partial charge is 0.494 e. The minimum atomic E-state index is -0.471. The molecule has 1 atom stereocenters. The van der Waals surface area contributed by atoms with Crippen LogP contribution in [0, 0.1) is 0 Å². The highest BCUT2D eigenvalue weighted by molar-refractivity contribution is 5.99. The lowest BCUT2D eigenvalue weighted by molar-refractivity contribution is 0.0720. The second kappa shape index (κ2) is 10.4. The molecule has 0 N–H and O–H groups in total. The molecule has 1 aliphatic rings. The summed E-state index contributed by atoms with van der Waals surface area (Å²) >= 11 is 0. The molecular weight excluding hydrogens is 428 g/mol. The Hall–Kier alpha value is -3.12. The Morgan fingerprint density at radius 1 is 1.00 bits per heavy atom. The van der Waals surface area contributed by atoms with Gasteiger partial charge in [0.1, 0.15) is 11.3 Å². The van der Waals surface area contributed by atoms with Gasteiger partial charge in [0.05, 0.1) is 23.6 Å². The first-order valence-corrected chi connectivity index (χ1v) is 12.4. The number of ether oxygens (including phenoxy) is 1. The van der Waals surface area contributed by atoms with Crippen molar-refractivity contribution in [3.05, 3.63) is 75.1 Å². The van der Waals surface area contributed by atoms with E-state index in [-0.39, 0.29) is 17.1 Å². The third-order valence-corrected chi connectivity index (χ3v) is 6.71. The van der Waals surface area contributed by atoms with Crippen molar-refractivity contribution in [3.8, 4) is 5.75 Å². The van der Waals surface area contributed by atoms with Gasteiger partial charge < -0.3 is 19.0 Å². The number of benzene rings is 2. The molecule has 0 fully saturated rings. The normalized spacial score (nSPS) is 15.4. The first-order valence-electron chi connectivity index (χ1n) is 12.4. The van der Waals surface area contributed by atoms with Crippen LogP contribution < -0.4 is 10.2 Å². The zero-order valence-corrected chi connectivity index (χ0v) is 20.6. The van der Waals surface area contributed by atoms with Crippen LogP contribution in [-0.2, 0) is 6.42 Å². The van der Waals surface area contributed by atoms with E-state index in [4.69, 9.17) is 9.15 Å². The summed E-state index contributed by atoms with van der Waals surface area (Å²) in [5, 5.41) is 0.534. The van der Waals surface area contributed by atoms with Gasteiger partial charge in [0.25, 0.3) is 5.91 Å². The van der Waals surface area contributed by atoms with Gasteiger partial charge in [-0.15, -0.1) is 0 Å². The lowest BCUT2D eigenvalue weighted by Gasteiger charge is -2.26. The SMILES string of the molecule is CCOc1ccc(C2c3c(oc4ccc(CC)cc4c3=O)C(=O)N2CCCN(CC)CC)cc1. The second-order valence-corrected chi connectivity index (χ2v) is 8.64. The minimum absolute atomic E-state index is 0.120. The lowest BCUT2D eigenvalue weighted by atomic mass is 9.97. The lowest BCUT2D eigenvalue weighted by Crippen LogP contribution is -2.33. The maximum Gasteiger partial charge on any atom is 0.290 e. The zero-order chi connectivity index (χ0) is 24.2. The Morgan fingerprint density at radius 2 is 1.74 bits per heavy atom. The Bertz CT molecular complexity index is 1210. The molecule has 3 aromatic rings. The molecule has 2 heterocycles. The smallest absolute Gasteiger partial charge is 0.290 e. The second-order valence-electron chi connectivity index (χ2n) is 8.64. The first kappa shape index (κ1) is 24.0. The van der Waals surface area contributed by atoms with Crippen molar-refractivity contribution < 1.29 is 13.9 Å². The van der Waals surface area contributed by atoms with Crippen LogP contribution in [0.3, 0.4) is 0 Å². The Balaban J connectivity index is 1.79. The molecule has 6 heteroatoms. The summed E-state index contributed by atoms with van der Waals surface area (Å²) in [4.78, 5) is 31.4. The van der Waals surface area contributed by atoms with Gasteiger partial charge >= 0.3 is 0 Å². The average molecular weight is 463 g/mol. The van der Waals surface area contributed by atoms with E-state index in [0.29, 0.717) is 29.7 Å². The van der Waals surface area contributed by atoms with Crippen LogP contribution in [-0.4, -0.2) is 48.5 Å². The highest BCUT2D eigenvalue weighted by atomic mass is 16.5. The molecule has 6 nitrogen and oxygen atoms in total. The fraction of sp³-hybridized carbons (Fsp3) is 0.429. The van der Waals surface area contributed by atoms with E-state index in [0.717, 1.165) is 49.4 Å². The number of rotatable bonds is 10. The molecule has 0 saturated carbocycles. The Labute approximate surface area is 201 Å². The highest BCUT2D eigenvalue weighted by Crippen LogP contribution is 2.38. The quantitative estimate of drug-likeness (QED) is 0.423. The third kappa shape index (κ3) is 4.47. The summed E-state index contributed by atoms with van der Waals surface area (Å²) in [5.41, 5.74) is 2.74. The van der Waals surface area contributed by atoms with Gasteiger partial charge in [-0.05, 0) is 74.8 Å². The van der Waals surface area contributed by atoms with Gasteiger partial charge in [-0.25, -0.2) is 0 Å². The molecule has 1 unspecified atom stereocenters. The summed E-state index contributed by atoms with van der Waals surface area (Å²) in [5.74, 6) is 0.720. The minimum Gasteiger partial charge on any atom is -0.494 e. The van der Waals surface area contributed by atoms with Crippen molar-refractivity contribution in [1.82, 2.24) is 9.80 Å². The first-order chi connectivity index (χ1) is 16.5. The maximum absolute atomic E-state index is 13.7. The molecule has 180 valence electrons. The molecule has 1 amide bonds. The van der Waals surface area contributed by atoms with E-state index in [1.54, 1.807) is 11.0 Å². The topological polar surface area (TPSA) is 63.0 Å². The number of carbonyl (C=O) groups is 1. The average Bonchev–Trinajstić information content (AvgIpc) is 3.14. The van der Waals surface area contributed by atoms with Crippen molar-refractivity contribution in [3.63, 3.8) is 0 Å². The van der Waals surface area contributed by atoms with Crippen LogP contribution >= 0.6 is 0 Å². The van der Waals surface area contributed by atoms with Crippen molar-refractivity contribution in [2.75, 3.05) is 32.8 Å². The monoisotopic (exact) mass is 462 g/mol. The van der Waals surface area contributed by atoms with Crippen LogP contribution in [0.4, 0.5) is 0 Å². The maximum atomic E-state index is 13.7. The van der Waals surface area contributed by atoms with Crippen LogP contribution in [0.2, 0.25) is 0 Å². The van der Waals surface area contributed by atoms with Crippen molar-refractivity contribution in [2.45, 2.75) is 46.6 Å². The Kier molecular flexibility index (Phi) is 7.37. The van der Waals surface area contributed by atoms with Crippen molar-refractivity contribution in [1.29, 1.82) is 0 Å². The fourth-order valence-electron chi connectivity index (χ4n) is 4.78. The molecule has 1 aromatic heterocycles. The van der Waals surface area contributed by atoms with Crippen LogP contribution in [0.25, 0.3) is 11.0 Å². The summed E-state index contributed by atoms with van der Waals surface area (Å²) in [6.07, 6.45) is 1.65. The van der Waals surface area contributed by atoms with E-state index >= 15 is 0 Å². The number of fused-ring (bicyclic) bond motifs is 2. The molecule has 0 aliphatic carbocycles. The number of amides is 1. The van der Waals surface area contributed by atoms with Gasteiger partial charge in [-0.2, -0.15) is 0 Å². The number of carbonyl (C=O) groups excluding carboxylic acids is 1. The number of hydrogen-bond donors (Lipinski definition) is 0. The van der Waals surface area contributed by atoms with E-state index in [1.165, 1.54) is 0 Å². The number of nitrogens with zero attached hydrogens (tertiary/aromatic N) is 2. The summed E-state index contributed by atoms with van der Waals surface area (Å²) < 4.78 is 11.7. The van der Waals surface area contributed by atoms with Crippen LogP contribution in [0.15, 0.2) is 51.7 Å². The van der Waals surface area contributed by atoms with Crippen molar-refractivity contribution >= 4 is 16.9 Å². The van der Waals surface area contributed by atoms with E-state index in [1.807, 2.05) is 43.3 Å². The molecule has 1 aliphatic heterocycles. The molecule has 0 bridgehead atoms. The summed E-state index contributed by atoms with van der Waals surface area (Å²) in [6, 6.07) is 12.9. The number of hydrogen-bond acceptors (Lipinski definition) is 5. The third-order valence-electron chi connectivity index (χ3n) is 6.71. The van der Waals surface area contributed by atoms with Gasteiger partial charge in [-0.1, -0.05) is 39.0 Å². The van der Waals surface area contributed by atoms with Gasteiger partial charge in [0.15, 0.2) is 5.43 Å². The van der Waals surface area contributed by atoms with Gasteiger partial charge in [0.2, 0.25) is 5.76 Å². The van der Waals surface area contributed by atoms with Gasteiger partial charge in [-0.3, -0.25) is 9.59 Å². The zero-order valence-electron chi connectivity index (χ0n) is 20.6. The number of aryl methyl sites for hydroxylation is 1. The van der Waals surface area contributed by atoms with Crippen LogP contribution in [0.1, 0.15) is 67.4 Å². The molecule has 0 spiro atoms. The molecule has 4 rings (SSSR count). The fourth-order valence-corrected chi connectivity index (χ4v) is 4.78. The molecule has 0 saturated heterocycles. The van der Waals surface area contributed by atoms with Crippen LogP contribution in [0.5, 0.6) is 5.75 Å². The van der Waals surface area contributed by atoms with E-state index < -0.39 is 6.04 Å². The Morgan fingerprint density at radius 3 is 2.38 bits per heavy atom. The molecular formula is C28H34N2O4. The standard InChI is InChI=1S/C28H34N2O4/c1-5-19-10-15-23-22(18-19)26(31)24-25(20-11-13-21(14-12-20)33-8-4)30(28(32)27(24)34-23)17-9-16-29(6-2)7-3/h10-15,18,25H,5-9,16-17H2,1-4H3. The van der Waals surface area contributed by atoms with E-state index in [9.17, 15) is 9.59 Å². The summed E-state index contributed by atoms with van der Waals surface area (Å²) in [7, 11) is 0. The van der Waals surface area contributed by atoms with Gasteiger partial charge in [0, 0.05) is 6.54 Å². The molecule has 0 radical (unpaired) electrons. The molecule has 34 heavy (non-hydrogen) atoms. The predicted molar refractivity (Wildman–Crippen MR) is 135 cm³/mol. The molecule has 2 aromatic carbocycles. The predicted octanol–water partition coefficient (Wildman–Crippen LogP) is 5.03. The highest BCUT2D eigenvalue weighted by Gasteiger charge is 2.42. The van der Waals surface area contributed by atoms with E-state index in [2.05, 4.69) is 25.7 Å². The van der Waals surface area contributed by atoms with Crippen molar-refractivity contribution in [2.24, 2.45) is 0 Å². The summed E-state index contributed by atoms with van der Waals surface area (Å²) in [6.45, 7) is 12.2.